The van der Waals surface area contributed by atoms with E-state index >= 15 is 0 Å². The Labute approximate surface area is 136 Å². The third-order valence-electron chi connectivity index (χ3n) is 3.23. The molecule has 0 saturated heterocycles. The summed E-state index contributed by atoms with van der Waals surface area (Å²) in [6, 6.07) is 8.28. The molecule has 0 fully saturated rings. The standard InChI is InChI=1S/C14H14N4O6/c1-2-11(24-13(19)10-6-4-3-5-7-10)8-16-9-12(17(20)21)15-14(16)18(22)23/h3-7,9,11H,2,8H2,1H3. The summed E-state index contributed by atoms with van der Waals surface area (Å²) in [5, 5.41) is 21.7. The van der Waals surface area contributed by atoms with Crippen LogP contribution >= 0.6 is 0 Å². The van der Waals surface area contributed by atoms with Crippen molar-refractivity contribution in [2.45, 2.75) is 26.0 Å². The van der Waals surface area contributed by atoms with E-state index in [1.54, 1.807) is 37.3 Å². The SMILES string of the molecule is CCC(Cn1cc([N+](=O)[O-])nc1[N+](=O)[O-])OC(=O)c1ccccc1. The molecule has 0 saturated carbocycles. The molecule has 0 aliphatic heterocycles. The highest BCUT2D eigenvalue weighted by Gasteiger charge is 2.26. The van der Waals surface area contributed by atoms with Crippen molar-refractivity contribution < 1.29 is 19.4 Å². The van der Waals surface area contributed by atoms with E-state index in [1.165, 1.54) is 0 Å². The second-order valence-corrected chi connectivity index (χ2v) is 4.87. The lowest BCUT2D eigenvalue weighted by Crippen LogP contribution is -2.23. The maximum atomic E-state index is 12.0. The predicted molar refractivity (Wildman–Crippen MR) is 81.5 cm³/mol. The fraction of sp³-hybridized carbons (Fsp3) is 0.286. The fourth-order valence-electron chi connectivity index (χ4n) is 2.02. The molecule has 2 rings (SSSR count). The first-order valence-corrected chi connectivity index (χ1v) is 7.04. The van der Waals surface area contributed by atoms with Crippen molar-refractivity contribution in [2.24, 2.45) is 0 Å². The summed E-state index contributed by atoms with van der Waals surface area (Å²) in [6.07, 6.45) is 0.643. The minimum absolute atomic E-state index is 0.105. The highest BCUT2D eigenvalue weighted by Crippen LogP contribution is 2.19. The first-order chi connectivity index (χ1) is 11.4. The van der Waals surface area contributed by atoms with Crippen molar-refractivity contribution in [3.8, 4) is 0 Å². The Morgan fingerprint density at radius 3 is 2.46 bits per heavy atom. The van der Waals surface area contributed by atoms with Crippen molar-refractivity contribution in [2.75, 3.05) is 0 Å². The zero-order valence-corrected chi connectivity index (χ0v) is 12.7. The molecule has 126 valence electrons. The van der Waals surface area contributed by atoms with Crippen molar-refractivity contribution in [1.29, 1.82) is 0 Å². The average molecular weight is 334 g/mol. The first-order valence-electron chi connectivity index (χ1n) is 7.04. The summed E-state index contributed by atoms with van der Waals surface area (Å²) in [6.45, 7) is 1.63. The molecule has 1 atom stereocenters. The van der Waals surface area contributed by atoms with E-state index in [1.807, 2.05) is 0 Å². The number of carbonyl (C=O) groups excluding carboxylic acids is 1. The maximum Gasteiger partial charge on any atom is 0.439 e. The Hall–Kier alpha value is -3.30. The molecule has 24 heavy (non-hydrogen) atoms. The van der Waals surface area contributed by atoms with Crippen LogP contribution in [-0.2, 0) is 11.3 Å². The second kappa shape index (κ2) is 7.31. The number of imidazole rings is 1. The van der Waals surface area contributed by atoms with Crippen LogP contribution in [0.2, 0.25) is 0 Å². The first kappa shape index (κ1) is 17.1. The second-order valence-electron chi connectivity index (χ2n) is 4.87. The van der Waals surface area contributed by atoms with Gasteiger partial charge in [-0.25, -0.2) is 9.36 Å². The average Bonchev–Trinajstić information content (AvgIpc) is 2.99. The number of rotatable bonds is 7. The predicted octanol–water partition coefficient (Wildman–Crippen LogP) is 2.34. The Morgan fingerprint density at radius 2 is 1.92 bits per heavy atom. The van der Waals surface area contributed by atoms with Gasteiger partial charge in [0.2, 0.25) is 0 Å². The smallest absolute Gasteiger partial charge is 0.439 e. The Kier molecular flexibility index (Phi) is 5.20. The largest absolute Gasteiger partial charge is 0.455 e. The fourth-order valence-corrected chi connectivity index (χ4v) is 2.02. The van der Waals surface area contributed by atoms with E-state index in [-0.39, 0.29) is 6.54 Å². The quantitative estimate of drug-likeness (QED) is 0.431. The zero-order valence-electron chi connectivity index (χ0n) is 12.7. The van der Waals surface area contributed by atoms with Gasteiger partial charge in [0.1, 0.15) is 12.6 Å². The summed E-state index contributed by atoms with van der Waals surface area (Å²) in [4.78, 5) is 35.5. The van der Waals surface area contributed by atoms with Gasteiger partial charge in [0.25, 0.3) is 0 Å². The van der Waals surface area contributed by atoms with Crippen molar-refractivity contribution in [1.82, 2.24) is 9.55 Å². The molecule has 1 heterocycles. The van der Waals surface area contributed by atoms with Crippen LogP contribution in [0.25, 0.3) is 0 Å². The maximum absolute atomic E-state index is 12.0. The molecule has 0 amide bonds. The van der Waals surface area contributed by atoms with Gasteiger partial charge >= 0.3 is 17.7 Å². The monoisotopic (exact) mass is 334 g/mol. The molecule has 0 aliphatic rings. The van der Waals surface area contributed by atoms with Gasteiger partial charge in [0, 0.05) is 0 Å². The molecule has 1 unspecified atom stereocenters. The van der Waals surface area contributed by atoms with E-state index in [0.717, 1.165) is 10.8 Å². The Bertz CT molecular complexity index is 758. The van der Waals surface area contributed by atoms with E-state index in [2.05, 4.69) is 4.98 Å². The van der Waals surface area contributed by atoms with E-state index in [4.69, 9.17) is 4.74 Å². The number of hydrogen-bond acceptors (Lipinski definition) is 7. The molecule has 1 aromatic carbocycles. The van der Waals surface area contributed by atoms with Crippen LogP contribution in [0.15, 0.2) is 36.5 Å². The lowest BCUT2D eigenvalue weighted by atomic mass is 10.2. The van der Waals surface area contributed by atoms with Gasteiger partial charge in [0.15, 0.2) is 6.20 Å². The van der Waals surface area contributed by atoms with Gasteiger partial charge in [-0.3, -0.25) is 0 Å². The van der Waals surface area contributed by atoms with Crippen LogP contribution in [0.5, 0.6) is 0 Å². The number of esters is 1. The molecule has 0 radical (unpaired) electrons. The van der Waals surface area contributed by atoms with Crippen LogP contribution in [0, 0.1) is 20.2 Å². The summed E-state index contributed by atoms with van der Waals surface area (Å²) < 4.78 is 6.32. The Morgan fingerprint density at radius 1 is 1.25 bits per heavy atom. The molecule has 2 aromatic rings. The number of ether oxygens (including phenoxy) is 1. The van der Waals surface area contributed by atoms with Crippen LogP contribution in [-0.4, -0.2) is 31.5 Å². The molecular weight excluding hydrogens is 320 g/mol. The molecule has 0 bridgehead atoms. The molecule has 10 heteroatoms. The van der Waals surface area contributed by atoms with Gasteiger partial charge < -0.3 is 25.0 Å². The number of hydrogen-bond donors (Lipinski definition) is 0. The molecule has 1 aromatic heterocycles. The van der Waals surface area contributed by atoms with Crippen molar-refractivity contribution in [3.05, 3.63) is 62.3 Å². The number of benzene rings is 1. The van der Waals surface area contributed by atoms with Gasteiger partial charge in [0.05, 0.1) is 5.56 Å². The third-order valence-corrected chi connectivity index (χ3v) is 3.23. The molecule has 10 nitrogen and oxygen atoms in total. The highest BCUT2D eigenvalue weighted by atomic mass is 16.6. The zero-order chi connectivity index (χ0) is 17.7. The van der Waals surface area contributed by atoms with Crippen LogP contribution in [0.1, 0.15) is 23.7 Å². The number of nitrogens with zero attached hydrogens (tertiary/aromatic N) is 4. The van der Waals surface area contributed by atoms with Crippen LogP contribution in [0.3, 0.4) is 0 Å². The molecular formula is C14H14N4O6. The topological polar surface area (TPSA) is 130 Å². The van der Waals surface area contributed by atoms with E-state index in [0.29, 0.717) is 12.0 Å². The van der Waals surface area contributed by atoms with E-state index < -0.39 is 33.7 Å². The van der Waals surface area contributed by atoms with Crippen LogP contribution < -0.4 is 0 Å². The molecule has 0 spiro atoms. The molecule has 0 N–H and O–H groups in total. The number of nitro groups is 2. The van der Waals surface area contributed by atoms with E-state index in [9.17, 15) is 25.0 Å². The number of aromatic nitrogens is 2. The lowest BCUT2D eigenvalue weighted by molar-refractivity contribution is -0.403. The normalized spacial score (nSPS) is 11.7. The minimum Gasteiger partial charge on any atom is -0.455 e. The van der Waals surface area contributed by atoms with Gasteiger partial charge in [-0.05, 0) is 33.4 Å². The lowest BCUT2D eigenvalue weighted by Gasteiger charge is -2.15. The van der Waals surface area contributed by atoms with Crippen LogP contribution in [0.4, 0.5) is 11.8 Å². The number of carbonyl (C=O) groups is 1. The molecule has 0 aliphatic carbocycles. The van der Waals surface area contributed by atoms with Gasteiger partial charge in [-0.2, -0.15) is 0 Å². The third kappa shape index (κ3) is 3.91. The summed E-state index contributed by atoms with van der Waals surface area (Å²) in [5.41, 5.74) is 0.349. The minimum atomic E-state index is -0.821. The van der Waals surface area contributed by atoms with Crippen molar-refractivity contribution in [3.63, 3.8) is 0 Å². The van der Waals surface area contributed by atoms with Gasteiger partial charge in [-0.15, -0.1) is 0 Å². The van der Waals surface area contributed by atoms with Gasteiger partial charge in [-0.1, -0.05) is 25.1 Å². The summed E-state index contributed by atoms with van der Waals surface area (Å²) in [7, 11) is 0. The van der Waals surface area contributed by atoms with Crippen molar-refractivity contribution >= 4 is 17.7 Å². The highest BCUT2D eigenvalue weighted by molar-refractivity contribution is 5.89. The Balaban J connectivity index is 2.17. The summed E-state index contributed by atoms with van der Waals surface area (Å²) in [5.74, 6) is -1.87. The summed E-state index contributed by atoms with van der Waals surface area (Å²) >= 11 is 0.